The van der Waals surface area contributed by atoms with E-state index in [2.05, 4.69) is 21.2 Å². The summed E-state index contributed by atoms with van der Waals surface area (Å²) in [5, 5.41) is 12.5. The van der Waals surface area contributed by atoms with E-state index in [1.54, 1.807) is 24.3 Å². The molecule has 1 atom stereocenters. The normalized spacial score (nSPS) is 13.6. The van der Waals surface area contributed by atoms with Crippen molar-refractivity contribution in [2.24, 2.45) is 0 Å². The monoisotopic (exact) mass is 337 g/mol. The number of carboxylic acids is 1. The molecule has 104 valence electrons. The van der Waals surface area contributed by atoms with Gasteiger partial charge in [0.15, 0.2) is 5.54 Å². The number of halogens is 2. The fourth-order valence-corrected chi connectivity index (χ4v) is 2.30. The van der Waals surface area contributed by atoms with Crippen LogP contribution < -0.4 is 5.32 Å². The Labute approximate surface area is 124 Å². The lowest BCUT2D eigenvalue weighted by molar-refractivity contribution is -0.142. The van der Waals surface area contributed by atoms with Crippen molar-refractivity contribution in [1.82, 2.24) is 0 Å². The molecule has 20 heavy (non-hydrogen) atoms. The van der Waals surface area contributed by atoms with Crippen LogP contribution in [-0.2, 0) is 10.3 Å². The molecular formula is C15H13BrFNO2. The topological polar surface area (TPSA) is 49.3 Å². The molecule has 0 aromatic heterocycles. The van der Waals surface area contributed by atoms with E-state index in [1.165, 1.54) is 25.1 Å². The summed E-state index contributed by atoms with van der Waals surface area (Å²) in [4.78, 5) is 11.6. The van der Waals surface area contributed by atoms with Gasteiger partial charge in [0, 0.05) is 10.2 Å². The second-order valence-electron chi connectivity index (χ2n) is 4.58. The third-order valence-electron chi connectivity index (χ3n) is 3.05. The fourth-order valence-electron chi connectivity index (χ4n) is 1.90. The molecule has 1 unspecified atom stereocenters. The Bertz CT molecular complexity index is 647. The van der Waals surface area contributed by atoms with Gasteiger partial charge in [0.1, 0.15) is 5.82 Å². The first-order valence-electron chi connectivity index (χ1n) is 5.95. The highest BCUT2D eigenvalue weighted by molar-refractivity contribution is 9.10. The first kappa shape index (κ1) is 14.5. The lowest BCUT2D eigenvalue weighted by atomic mass is 9.91. The van der Waals surface area contributed by atoms with Crippen LogP contribution in [0.2, 0.25) is 0 Å². The molecule has 0 saturated heterocycles. The van der Waals surface area contributed by atoms with Crippen LogP contribution in [0.4, 0.5) is 10.1 Å². The van der Waals surface area contributed by atoms with Crippen molar-refractivity contribution >= 4 is 27.6 Å². The lowest BCUT2D eigenvalue weighted by Gasteiger charge is -2.28. The minimum absolute atomic E-state index is 0.352. The Balaban J connectivity index is 2.42. The summed E-state index contributed by atoms with van der Waals surface area (Å²) >= 11 is 3.33. The van der Waals surface area contributed by atoms with Crippen molar-refractivity contribution in [3.63, 3.8) is 0 Å². The van der Waals surface area contributed by atoms with Crippen molar-refractivity contribution in [1.29, 1.82) is 0 Å². The van der Waals surface area contributed by atoms with Crippen LogP contribution in [0, 0.1) is 5.82 Å². The molecule has 0 aliphatic carbocycles. The van der Waals surface area contributed by atoms with Crippen molar-refractivity contribution in [3.05, 3.63) is 64.4 Å². The Morgan fingerprint density at radius 2 is 1.95 bits per heavy atom. The van der Waals surface area contributed by atoms with Crippen LogP contribution in [0.1, 0.15) is 12.5 Å². The molecule has 2 rings (SSSR count). The zero-order chi connectivity index (χ0) is 14.8. The minimum atomic E-state index is -1.41. The van der Waals surface area contributed by atoms with Gasteiger partial charge < -0.3 is 10.4 Å². The largest absolute Gasteiger partial charge is 0.479 e. The van der Waals surface area contributed by atoms with E-state index in [0.717, 1.165) is 4.47 Å². The summed E-state index contributed by atoms with van der Waals surface area (Å²) in [6.45, 7) is 1.50. The summed E-state index contributed by atoms with van der Waals surface area (Å²) in [6.07, 6.45) is 0. The second kappa shape index (κ2) is 5.63. The molecule has 2 aromatic rings. The molecule has 0 amide bonds. The number of anilines is 1. The second-order valence-corrected chi connectivity index (χ2v) is 5.49. The van der Waals surface area contributed by atoms with E-state index in [0.29, 0.717) is 11.3 Å². The van der Waals surface area contributed by atoms with Gasteiger partial charge in [0.25, 0.3) is 0 Å². The van der Waals surface area contributed by atoms with Gasteiger partial charge >= 0.3 is 5.97 Å². The van der Waals surface area contributed by atoms with Crippen LogP contribution in [0.25, 0.3) is 0 Å². The number of hydrogen-bond acceptors (Lipinski definition) is 2. The highest BCUT2D eigenvalue weighted by atomic mass is 79.9. The van der Waals surface area contributed by atoms with Crippen molar-refractivity contribution in [3.8, 4) is 0 Å². The van der Waals surface area contributed by atoms with E-state index >= 15 is 0 Å². The first-order chi connectivity index (χ1) is 9.41. The van der Waals surface area contributed by atoms with Gasteiger partial charge in [0.05, 0.1) is 0 Å². The number of carboxylic acid groups (broad SMARTS) is 1. The van der Waals surface area contributed by atoms with E-state index < -0.39 is 17.3 Å². The molecule has 0 aliphatic rings. The van der Waals surface area contributed by atoms with Crippen LogP contribution in [-0.4, -0.2) is 11.1 Å². The van der Waals surface area contributed by atoms with Crippen molar-refractivity contribution in [2.75, 3.05) is 5.32 Å². The van der Waals surface area contributed by atoms with Crippen molar-refractivity contribution < 1.29 is 14.3 Å². The van der Waals surface area contributed by atoms with Gasteiger partial charge in [-0.1, -0.05) is 34.1 Å². The predicted molar refractivity (Wildman–Crippen MR) is 79.2 cm³/mol. The van der Waals surface area contributed by atoms with Crippen LogP contribution in [0.3, 0.4) is 0 Å². The summed E-state index contributed by atoms with van der Waals surface area (Å²) in [5.74, 6) is -1.55. The Kier molecular flexibility index (Phi) is 4.09. The molecule has 5 heteroatoms. The molecule has 0 saturated carbocycles. The average molecular weight is 338 g/mol. The summed E-state index contributed by atoms with van der Waals surface area (Å²) < 4.78 is 14.2. The van der Waals surface area contributed by atoms with Gasteiger partial charge in [-0.15, -0.1) is 0 Å². The number of nitrogens with one attached hydrogen (secondary N) is 1. The maximum atomic E-state index is 13.3. The molecule has 0 spiro atoms. The van der Waals surface area contributed by atoms with Gasteiger partial charge in [-0.2, -0.15) is 0 Å². The summed E-state index contributed by atoms with van der Waals surface area (Å²) in [6, 6.07) is 12.7. The fraction of sp³-hybridized carbons (Fsp3) is 0.133. The first-order valence-corrected chi connectivity index (χ1v) is 6.74. The molecule has 0 bridgehead atoms. The maximum absolute atomic E-state index is 13.3. The highest BCUT2D eigenvalue weighted by Crippen LogP contribution is 2.28. The third-order valence-corrected chi connectivity index (χ3v) is 3.54. The Morgan fingerprint density at radius 3 is 2.55 bits per heavy atom. The number of carbonyl (C=O) groups is 1. The number of rotatable bonds is 4. The molecule has 2 N–H and O–H groups in total. The zero-order valence-corrected chi connectivity index (χ0v) is 12.3. The summed E-state index contributed by atoms with van der Waals surface area (Å²) in [5.41, 5.74) is -0.429. The van der Waals surface area contributed by atoms with Crippen LogP contribution in [0.15, 0.2) is 53.0 Å². The Morgan fingerprint density at radius 1 is 1.25 bits per heavy atom. The van der Waals surface area contributed by atoms with Gasteiger partial charge in [-0.25, -0.2) is 9.18 Å². The van der Waals surface area contributed by atoms with Gasteiger partial charge in [0.2, 0.25) is 0 Å². The predicted octanol–water partition coefficient (Wildman–Crippen LogP) is 4.00. The maximum Gasteiger partial charge on any atom is 0.333 e. The average Bonchev–Trinajstić information content (AvgIpc) is 2.38. The smallest absolute Gasteiger partial charge is 0.333 e. The van der Waals surface area contributed by atoms with Crippen LogP contribution >= 0.6 is 15.9 Å². The van der Waals surface area contributed by atoms with Gasteiger partial charge in [-0.05, 0) is 42.8 Å². The van der Waals surface area contributed by atoms with Gasteiger partial charge in [-0.3, -0.25) is 0 Å². The molecule has 0 fully saturated rings. The van der Waals surface area contributed by atoms with Crippen molar-refractivity contribution in [2.45, 2.75) is 12.5 Å². The highest BCUT2D eigenvalue weighted by Gasteiger charge is 2.35. The molecular weight excluding hydrogens is 325 g/mol. The van der Waals surface area contributed by atoms with E-state index in [9.17, 15) is 14.3 Å². The standard InChI is InChI=1S/C15H13BrFNO2/c1-15(14(19)20,10-4-2-6-12(17)8-10)18-13-7-3-5-11(16)9-13/h2-9,18H,1H3,(H,19,20). The minimum Gasteiger partial charge on any atom is -0.479 e. The lowest BCUT2D eigenvalue weighted by Crippen LogP contribution is -2.40. The molecule has 0 heterocycles. The number of hydrogen-bond donors (Lipinski definition) is 2. The Hall–Kier alpha value is -1.88. The van der Waals surface area contributed by atoms with E-state index in [1.807, 2.05) is 6.07 Å². The van der Waals surface area contributed by atoms with Crippen LogP contribution in [0.5, 0.6) is 0 Å². The number of benzene rings is 2. The third kappa shape index (κ3) is 2.99. The molecule has 0 radical (unpaired) electrons. The van der Waals surface area contributed by atoms with E-state index in [-0.39, 0.29) is 0 Å². The SMILES string of the molecule is CC(Nc1cccc(Br)c1)(C(=O)O)c1cccc(F)c1. The van der Waals surface area contributed by atoms with E-state index in [4.69, 9.17) is 0 Å². The number of aliphatic carboxylic acids is 1. The molecule has 0 aliphatic heterocycles. The zero-order valence-electron chi connectivity index (χ0n) is 10.7. The summed E-state index contributed by atoms with van der Waals surface area (Å²) in [7, 11) is 0. The molecule has 3 nitrogen and oxygen atoms in total. The quantitative estimate of drug-likeness (QED) is 0.886. The molecule has 2 aromatic carbocycles.